The Bertz CT molecular complexity index is 786. The Morgan fingerprint density at radius 1 is 1.38 bits per heavy atom. The van der Waals surface area contributed by atoms with Crippen LogP contribution in [0.4, 0.5) is 0 Å². The minimum atomic E-state index is -3.57. The molecule has 0 aliphatic carbocycles. The second kappa shape index (κ2) is 6.83. The number of rotatable bonds is 4. The maximum atomic E-state index is 12.1. The van der Waals surface area contributed by atoms with Crippen LogP contribution in [0, 0.1) is 18.8 Å². The summed E-state index contributed by atoms with van der Waals surface area (Å²) in [6.07, 6.45) is 1.35. The van der Waals surface area contributed by atoms with E-state index >= 15 is 0 Å². The van der Waals surface area contributed by atoms with E-state index in [0.717, 1.165) is 16.9 Å². The fourth-order valence-electron chi connectivity index (χ4n) is 1.64. The van der Waals surface area contributed by atoms with Crippen LogP contribution in [0.25, 0.3) is 0 Å². The largest absolute Gasteiger partial charge is 0.384 e. The van der Waals surface area contributed by atoms with E-state index in [0.29, 0.717) is 10.6 Å². The number of aliphatic hydroxyl groups is 1. The summed E-state index contributed by atoms with van der Waals surface area (Å²) in [6.45, 7) is 1.65. The topological polar surface area (TPSA) is 79.3 Å². The van der Waals surface area contributed by atoms with Crippen LogP contribution in [0.3, 0.4) is 0 Å². The zero-order valence-corrected chi connectivity index (χ0v) is 13.0. The van der Waals surface area contributed by atoms with E-state index in [2.05, 4.69) is 21.5 Å². The molecular weight excluding hydrogens is 308 g/mol. The van der Waals surface area contributed by atoms with E-state index in [1.165, 1.54) is 6.20 Å². The number of aliphatic hydroxyl groups excluding tert-OH is 1. The zero-order valence-electron chi connectivity index (χ0n) is 11.3. The molecule has 0 aliphatic rings. The average molecular weight is 322 g/mol. The van der Waals surface area contributed by atoms with Crippen molar-refractivity contribution in [3.05, 3.63) is 46.6 Å². The Hall–Kier alpha value is -1.72. The lowest BCUT2D eigenvalue weighted by atomic mass is 10.1. The summed E-state index contributed by atoms with van der Waals surface area (Å²) in [5, 5.41) is 9.44. The maximum Gasteiger partial charge on any atom is 0.251 e. The summed E-state index contributed by atoms with van der Waals surface area (Å²) in [5.74, 6) is 5.36. The van der Waals surface area contributed by atoms with Gasteiger partial charge in [0.15, 0.2) is 4.21 Å². The van der Waals surface area contributed by atoms with Gasteiger partial charge in [-0.3, -0.25) is 0 Å². The van der Waals surface area contributed by atoms with Crippen molar-refractivity contribution in [2.75, 3.05) is 6.61 Å². The van der Waals surface area contributed by atoms with Gasteiger partial charge in [0.1, 0.15) is 6.61 Å². The highest BCUT2D eigenvalue weighted by molar-refractivity contribution is 7.91. The molecule has 0 aliphatic heterocycles. The van der Waals surface area contributed by atoms with Crippen LogP contribution in [0.2, 0.25) is 0 Å². The van der Waals surface area contributed by atoms with Crippen LogP contribution in [0.15, 0.2) is 34.7 Å². The molecule has 0 unspecified atom stereocenters. The fourth-order valence-corrected chi connectivity index (χ4v) is 3.80. The van der Waals surface area contributed by atoms with Crippen LogP contribution in [-0.2, 0) is 16.6 Å². The van der Waals surface area contributed by atoms with Crippen molar-refractivity contribution in [2.45, 2.75) is 17.7 Å². The van der Waals surface area contributed by atoms with E-state index < -0.39 is 10.0 Å². The Morgan fingerprint density at radius 3 is 2.81 bits per heavy atom. The third kappa shape index (κ3) is 4.12. The molecule has 0 radical (unpaired) electrons. The van der Waals surface area contributed by atoms with Gasteiger partial charge in [0.05, 0.1) is 11.2 Å². The van der Waals surface area contributed by atoms with Gasteiger partial charge in [-0.15, -0.1) is 11.3 Å². The molecular formula is C14H14N2O3S2. The molecule has 0 fully saturated rings. The maximum absolute atomic E-state index is 12.1. The van der Waals surface area contributed by atoms with Gasteiger partial charge in [0, 0.05) is 12.1 Å². The quantitative estimate of drug-likeness (QED) is 0.831. The highest BCUT2D eigenvalue weighted by Crippen LogP contribution is 2.18. The molecule has 0 bridgehead atoms. The van der Waals surface area contributed by atoms with Crippen LogP contribution in [-0.4, -0.2) is 25.1 Å². The first kappa shape index (κ1) is 15.7. The first-order valence-electron chi connectivity index (χ1n) is 6.12. The molecule has 0 spiro atoms. The Balaban J connectivity index is 2.17. The standard InChI is InChI=1S/C14H14N2O3S2/c1-11-15-10-14(20-11)21(18,19)16-9-13-6-3-2-5-12(13)7-4-8-17/h2-3,5-6,10,16-17H,8-9H2,1H3. The van der Waals surface area contributed by atoms with Crippen LogP contribution in [0.5, 0.6) is 0 Å². The average Bonchev–Trinajstić information content (AvgIpc) is 2.91. The summed E-state index contributed by atoms with van der Waals surface area (Å²) in [6, 6.07) is 7.20. The van der Waals surface area contributed by atoms with Gasteiger partial charge >= 0.3 is 0 Å². The van der Waals surface area contributed by atoms with Crippen molar-refractivity contribution in [3.63, 3.8) is 0 Å². The van der Waals surface area contributed by atoms with Gasteiger partial charge in [0.2, 0.25) is 0 Å². The van der Waals surface area contributed by atoms with Crippen molar-refractivity contribution < 1.29 is 13.5 Å². The number of hydrogen-bond acceptors (Lipinski definition) is 5. The van der Waals surface area contributed by atoms with Gasteiger partial charge in [0.25, 0.3) is 10.0 Å². The molecule has 7 heteroatoms. The van der Waals surface area contributed by atoms with E-state index in [1.807, 2.05) is 12.1 Å². The van der Waals surface area contributed by atoms with Crippen molar-refractivity contribution in [2.24, 2.45) is 0 Å². The van der Waals surface area contributed by atoms with Gasteiger partial charge in [-0.05, 0) is 18.6 Å². The van der Waals surface area contributed by atoms with Gasteiger partial charge in [-0.25, -0.2) is 18.1 Å². The molecule has 2 rings (SSSR count). The van der Waals surface area contributed by atoms with E-state index in [9.17, 15) is 8.42 Å². The highest BCUT2D eigenvalue weighted by Gasteiger charge is 2.17. The van der Waals surface area contributed by atoms with E-state index in [-0.39, 0.29) is 17.4 Å². The third-order valence-corrected chi connectivity index (χ3v) is 5.41. The predicted octanol–water partition coefficient (Wildman–Crippen LogP) is 1.27. The number of aryl methyl sites for hydroxylation is 1. The molecule has 21 heavy (non-hydrogen) atoms. The number of benzene rings is 1. The smallest absolute Gasteiger partial charge is 0.251 e. The molecule has 1 heterocycles. The summed E-state index contributed by atoms with van der Waals surface area (Å²) in [4.78, 5) is 3.95. The molecule has 2 N–H and O–H groups in total. The first-order valence-corrected chi connectivity index (χ1v) is 8.42. The third-order valence-electron chi connectivity index (χ3n) is 2.64. The molecule has 0 atom stereocenters. The Kier molecular flexibility index (Phi) is 5.09. The molecule has 5 nitrogen and oxygen atoms in total. The molecule has 1 aromatic carbocycles. The van der Waals surface area contributed by atoms with Gasteiger partial charge < -0.3 is 5.11 Å². The number of aromatic nitrogens is 1. The Labute approximate surface area is 127 Å². The molecule has 0 saturated carbocycles. The monoisotopic (exact) mass is 322 g/mol. The summed E-state index contributed by atoms with van der Waals surface area (Å²) in [5.41, 5.74) is 1.44. The van der Waals surface area contributed by atoms with E-state index in [4.69, 9.17) is 5.11 Å². The number of nitrogens with one attached hydrogen (secondary N) is 1. The van der Waals surface area contributed by atoms with Crippen molar-refractivity contribution in [1.29, 1.82) is 0 Å². The van der Waals surface area contributed by atoms with Crippen molar-refractivity contribution >= 4 is 21.4 Å². The normalized spacial score (nSPS) is 11.0. The van der Waals surface area contributed by atoms with Crippen LogP contribution < -0.4 is 4.72 Å². The van der Waals surface area contributed by atoms with Crippen molar-refractivity contribution in [3.8, 4) is 11.8 Å². The lowest BCUT2D eigenvalue weighted by Gasteiger charge is -2.06. The van der Waals surface area contributed by atoms with E-state index in [1.54, 1.807) is 19.1 Å². The number of thiazole rings is 1. The number of hydrogen-bond donors (Lipinski definition) is 2. The summed E-state index contributed by atoms with van der Waals surface area (Å²) >= 11 is 1.13. The molecule has 0 amide bonds. The second-order valence-corrected chi connectivity index (χ2v) is 7.37. The van der Waals surface area contributed by atoms with Gasteiger partial charge in [-0.1, -0.05) is 30.0 Å². The van der Waals surface area contributed by atoms with Gasteiger partial charge in [-0.2, -0.15) is 0 Å². The number of sulfonamides is 1. The first-order chi connectivity index (χ1) is 10.0. The molecule has 110 valence electrons. The summed E-state index contributed by atoms with van der Waals surface area (Å²) < 4.78 is 27.0. The molecule has 2 aromatic rings. The van der Waals surface area contributed by atoms with Crippen molar-refractivity contribution in [1.82, 2.24) is 9.71 Å². The van der Waals surface area contributed by atoms with Crippen LogP contribution >= 0.6 is 11.3 Å². The van der Waals surface area contributed by atoms with Crippen LogP contribution in [0.1, 0.15) is 16.1 Å². The zero-order chi connectivity index (χ0) is 15.3. The minimum absolute atomic E-state index is 0.134. The highest BCUT2D eigenvalue weighted by atomic mass is 32.2. The molecule has 1 aromatic heterocycles. The fraction of sp³-hybridized carbons (Fsp3) is 0.214. The number of nitrogens with zero attached hydrogens (tertiary/aromatic N) is 1. The molecule has 0 saturated heterocycles. The predicted molar refractivity (Wildman–Crippen MR) is 81.3 cm³/mol. The lowest BCUT2D eigenvalue weighted by molar-refractivity contribution is 0.350. The second-order valence-electron chi connectivity index (χ2n) is 4.14. The Morgan fingerprint density at radius 2 is 2.14 bits per heavy atom. The lowest BCUT2D eigenvalue weighted by Crippen LogP contribution is -2.22. The minimum Gasteiger partial charge on any atom is -0.384 e. The summed E-state index contributed by atoms with van der Waals surface area (Å²) in [7, 11) is -3.57. The SMILES string of the molecule is Cc1ncc(S(=O)(=O)NCc2ccccc2C#CCO)s1.